The fourth-order valence-corrected chi connectivity index (χ4v) is 4.80. The van der Waals surface area contributed by atoms with Crippen LogP contribution in [0, 0.1) is 0 Å². The van der Waals surface area contributed by atoms with Crippen LogP contribution in [0.15, 0.2) is 39.5 Å². The Bertz CT molecular complexity index is 1510. The van der Waals surface area contributed by atoms with E-state index in [1.165, 1.54) is 32.2 Å². The molecule has 2 fully saturated rings. The van der Waals surface area contributed by atoms with Gasteiger partial charge in [-0.2, -0.15) is 0 Å². The molecule has 0 amide bonds. The first-order valence-electron chi connectivity index (χ1n) is 12.8. The van der Waals surface area contributed by atoms with Gasteiger partial charge in [0, 0.05) is 17.7 Å². The highest BCUT2D eigenvalue weighted by atomic mass is 16.8. The summed E-state index contributed by atoms with van der Waals surface area (Å²) in [6, 6.07) is 5.96. The molecule has 2 aliphatic rings. The van der Waals surface area contributed by atoms with Gasteiger partial charge in [0.15, 0.2) is 29.7 Å². The van der Waals surface area contributed by atoms with Crippen molar-refractivity contribution in [1.29, 1.82) is 0 Å². The number of hydrogen-bond donors (Lipinski definition) is 8. The van der Waals surface area contributed by atoms with E-state index >= 15 is 0 Å². The largest absolute Gasteiger partial charge is 0.508 e. The summed E-state index contributed by atoms with van der Waals surface area (Å²) in [5.41, 5.74) is -1.01. The minimum Gasteiger partial charge on any atom is -0.508 e. The summed E-state index contributed by atoms with van der Waals surface area (Å²) in [5, 5.41) is 81.7. The van der Waals surface area contributed by atoms with Crippen LogP contribution in [0.2, 0.25) is 0 Å². The van der Waals surface area contributed by atoms with Crippen molar-refractivity contribution in [1.82, 2.24) is 0 Å². The molecule has 0 bridgehead atoms. The molecule has 0 unspecified atom stereocenters. The third-order valence-corrected chi connectivity index (χ3v) is 7.12. The fraction of sp³-hybridized carbons (Fsp3) is 0.444. The van der Waals surface area contributed by atoms with E-state index in [9.17, 15) is 45.6 Å². The number of aliphatic hydroxyl groups is 5. The summed E-state index contributed by atoms with van der Waals surface area (Å²) < 4.78 is 33.6. The number of phenols is 3. The molecular weight excluding hydrogens is 564 g/mol. The Hall–Kier alpha value is -3.67. The molecule has 9 atom stereocenters. The molecule has 15 heteroatoms. The van der Waals surface area contributed by atoms with Crippen molar-refractivity contribution in [2.75, 3.05) is 13.7 Å². The molecule has 2 saturated heterocycles. The summed E-state index contributed by atoms with van der Waals surface area (Å²) in [6.45, 7) is 0.986. The summed E-state index contributed by atoms with van der Waals surface area (Å²) in [7, 11) is 1.30. The Morgan fingerprint density at radius 1 is 0.881 bits per heavy atom. The minimum atomic E-state index is -1.77. The standard InChI is InChI=1S/C27H30O15/c1-9-18(32)21(35)25(42-26-22(36)19(33)14(31)8-38-26)27(39-9)41-24-20(34)17-13(30)6-11(28)7-16(17)40-23(24)10-3-4-12(29)15(5-10)37-2/h3-7,9,14,18-19,21-22,25-33,35-36H,8H2,1-2H3/t9-,14-,18-,19-,21+,22+,25-,26-,27-/m0/s1. The molecule has 0 saturated carbocycles. The Morgan fingerprint density at radius 3 is 2.33 bits per heavy atom. The number of methoxy groups -OCH3 is 1. The molecule has 5 rings (SSSR count). The van der Waals surface area contributed by atoms with Crippen LogP contribution in [0.5, 0.6) is 28.7 Å². The second-order valence-electron chi connectivity index (χ2n) is 9.97. The van der Waals surface area contributed by atoms with E-state index in [-0.39, 0.29) is 33.8 Å². The molecule has 0 spiro atoms. The first-order chi connectivity index (χ1) is 19.9. The van der Waals surface area contributed by atoms with Crippen molar-refractivity contribution < 1.29 is 69.0 Å². The van der Waals surface area contributed by atoms with Crippen molar-refractivity contribution in [2.24, 2.45) is 0 Å². The molecule has 228 valence electrons. The Morgan fingerprint density at radius 2 is 1.62 bits per heavy atom. The number of aromatic hydroxyl groups is 3. The average molecular weight is 595 g/mol. The summed E-state index contributed by atoms with van der Waals surface area (Å²) in [5.74, 6) is -2.09. The summed E-state index contributed by atoms with van der Waals surface area (Å²) in [6.07, 6.45) is -14.1. The van der Waals surface area contributed by atoms with Gasteiger partial charge in [-0.25, -0.2) is 0 Å². The first kappa shape index (κ1) is 29.8. The van der Waals surface area contributed by atoms with Gasteiger partial charge < -0.3 is 69.0 Å². The van der Waals surface area contributed by atoms with Crippen LogP contribution in [0.3, 0.4) is 0 Å². The van der Waals surface area contributed by atoms with Crippen LogP contribution in [0.1, 0.15) is 6.92 Å². The van der Waals surface area contributed by atoms with Crippen molar-refractivity contribution in [3.8, 4) is 40.1 Å². The quantitative estimate of drug-likeness (QED) is 0.175. The molecule has 0 radical (unpaired) electrons. The lowest BCUT2D eigenvalue weighted by molar-refractivity contribution is -0.341. The molecular formula is C27H30O15. The minimum absolute atomic E-state index is 0.00595. The molecule has 2 aliphatic heterocycles. The third-order valence-electron chi connectivity index (χ3n) is 7.12. The van der Waals surface area contributed by atoms with E-state index < -0.39 is 84.6 Å². The maximum Gasteiger partial charge on any atom is 0.239 e. The monoisotopic (exact) mass is 594 g/mol. The Balaban J connectivity index is 1.61. The SMILES string of the molecule is COc1cc(-c2oc3cc(O)cc(O)c3c(=O)c2O[C@@H]2O[C@@H](C)[C@H](O)[C@@H](O)[C@@H]2O[C@@H]2OC[C@H](O)[C@H](O)[C@H]2O)ccc1O. The highest BCUT2D eigenvalue weighted by molar-refractivity contribution is 5.88. The molecule has 3 heterocycles. The van der Waals surface area contributed by atoms with Gasteiger partial charge in [-0.3, -0.25) is 4.79 Å². The smallest absolute Gasteiger partial charge is 0.239 e. The Labute approximate surface area is 236 Å². The second-order valence-corrected chi connectivity index (χ2v) is 9.97. The fourth-order valence-electron chi connectivity index (χ4n) is 4.80. The van der Waals surface area contributed by atoms with E-state index in [4.69, 9.17) is 28.1 Å². The molecule has 15 nitrogen and oxygen atoms in total. The van der Waals surface area contributed by atoms with Gasteiger partial charge >= 0.3 is 0 Å². The van der Waals surface area contributed by atoms with Gasteiger partial charge in [-0.15, -0.1) is 0 Å². The van der Waals surface area contributed by atoms with Crippen LogP contribution in [0.4, 0.5) is 0 Å². The highest BCUT2D eigenvalue weighted by Crippen LogP contribution is 2.40. The maximum absolute atomic E-state index is 13.8. The molecule has 2 aromatic carbocycles. The van der Waals surface area contributed by atoms with Crippen molar-refractivity contribution in [3.63, 3.8) is 0 Å². The van der Waals surface area contributed by atoms with E-state index in [1.54, 1.807) is 0 Å². The lowest BCUT2D eigenvalue weighted by Crippen LogP contribution is -2.62. The van der Waals surface area contributed by atoms with Gasteiger partial charge in [0.05, 0.1) is 19.8 Å². The first-order valence-corrected chi connectivity index (χ1v) is 12.8. The van der Waals surface area contributed by atoms with E-state index in [1.807, 2.05) is 0 Å². The van der Waals surface area contributed by atoms with Gasteiger partial charge in [0.25, 0.3) is 0 Å². The molecule has 0 aliphatic carbocycles. The number of aliphatic hydroxyl groups excluding tert-OH is 5. The number of hydrogen-bond acceptors (Lipinski definition) is 15. The van der Waals surface area contributed by atoms with Gasteiger partial charge in [0.1, 0.15) is 53.0 Å². The van der Waals surface area contributed by atoms with Crippen LogP contribution in [-0.2, 0) is 14.2 Å². The zero-order valence-electron chi connectivity index (χ0n) is 22.2. The van der Waals surface area contributed by atoms with Crippen LogP contribution < -0.4 is 14.9 Å². The summed E-state index contributed by atoms with van der Waals surface area (Å²) >= 11 is 0. The van der Waals surface area contributed by atoms with Crippen LogP contribution in [0.25, 0.3) is 22.3 Å². The van der Waals surface area contributed by atoms with Crippen LogP contribution >= 0.6 is 0 Å². The number of benzene rings is 2. The molecule has 3 aromatic rings. The van der Waals surface area contributed by atoms with Crippen LogP contribution in [-0.4, -0.2) is 110 Å². The Kier molecular flexibility index (Phi) is 8.19. The average Bonchev–Trinajstić information content (AvgIpc) is 2.95. The zero-order valence-corrected chi connectivity index (χ0v) is 22.2. The van der Waals surface area contributed by atoms with Crippen molar-refractivity contribution in [3.05, 3.63) is 40.6 Å². The number of rotatable bonds is 6. The lowest BCUT2D eigenvalue weighted by Gasteiger charge is -2.44. The maximum atomic E-state index is 13.8. The number of phenolic OH excluding ortho intramolecular Hbond substituents is 3. The van der Waals surface area contributed by atoms with Gasteiger partial charge in [-0.1, -0.05) is 0 Å². The zero-order chi connectivity index (χ0) is 30.5. The van der Waals surface area contributed by atoms with Crippen molar-refractivity contribution >= 4 is 11.0 Å². The van der Waals surface area contributed by atoms with Gasteiger partial charge in [-0.05, 0) is 25.1 Å². The predicted molar refractivity (Wildman–Crippen MR) is 139 cm³/mol. The second kappa shape index (κ2) is 11.5. The highest BCUT2D eigenvalue weighted by Gasteiger charge is 2.49. The summed E-state index contributed by atoms with van der Waals surface area (Å²) in [4.78, 5) is 13.8. The van der Waals surface area contributed by atoms with Gasteiger partial charge in [0.2, 0.25) is 17.5 Å². The van der Waals surface area contributed by atoms with E-state index in [2.05, 4.69) is 0 Å². The number of fused-ring (bicyclic) bond motifs is 1. The van der Waals surface area contributed by atoms with E-state index in [0.717, 1.165) is 12.1 Å². The third kappa shape index (κ3) is 5.32. The molecule has 42 heavy (non-hydrogen) atoms. The van der Waals surface area contributed by atoms with Crippen molar-refractivity contribution in [2.45, 2.75) is 62.2 Å². The normalized spacial score (nSPS) is 31.6. The molecule has 8 N–H and O–H groups in total. The topological polar surface area (TPSA) is 238 Å². The number of ether oxygens (including phenoxy) is 5. The predicted octanol–water partition coefficient (Wildman–Crippen LogP) is -0.745. The lowest BCUT2D eigenvalue weighted by atomic mass is 9.99. The van der Waals surface area contributed by atoms with E-state index in [0.29, 0.717) is 0 Å². The molecule has 1 aromatic heterocycles.